The van der Waals surface area contributed by atoms with Crippen molar-refractivity contribution in [3.8, 4) is 0 Å². The summed E-state index contributed by atoms with van der Waals surface area (Å²) in [7, 11) is 0. The predicted molar refractivity (Wildman–Crippen MR) is 292 cm³/mol. The van der Waals surface area contributed by atoms with Crippen LogP contribution in [0.1, 0.15) is 238 Å². The van der Waals surface area contributed by atoms with Gasteiger partial charge in [0.15, 0.2) is 0 Å². The van der Waals surface area contributed by atoms with Gasteiger partial charge in [0.2, 0.25) is 17.7 Å². The fourth-order valence-corrected chi connectivity index (χ4v) is 10.3. The van der Waals surface area contributed by atoms with Crippen molar-refractivity contribution in [1.29, 1.82) is 0 Å². The number of aliphatic hydroxyl groups excluding tert-OH is 2. The topological polar surface area (TPSA) is 128 Å². The van der Waals surface area contributed by atoms with E-state index in [1.54, 1.807) is 0 Å². The number of hydrogen-bond acceptors (Lipinski definition) is 5. The van der Waals surface area contributed by atoms with Crippen LogP contribution in [0.3, 0.4) is 0 Å². The molecule has 0 saturated heterocycles. The van der Waals surface area contributed by atoms with Gasteiger partial charge in [-0.1, -0.05) is 223 Å². The normalized spacial score (nSPS) is 13.0. The highest BCUT2D eigenvalue weighted by Gasteiger charge is 2.22. The molecule has 3 atom stereocenters. The number of benzene rings is 4. The summed E-state index contributed by atoms with van der Waals surface area (Å²) < 4.78 is 0. The van der Waals surface area contributed by atoms with Gasteiger partial charge in [0.1, 0.15) is 6.04 Å². The number of rotatable bonds is 43. The van der Waals surface area contributed by atoms with E-state index in [9.17, 15) is 24.6 Å². The largest absolute Gasteiger partial charge is 0.393 e. The molecule has 0 aromatic heterocycles. The van der Waals surface area contributed by atoms with E-state index in [1.165, 1.54) is 147 Å². The summed E-state index contributed by atoms with van der Waals surface area (Å²) in [5.41, 5.74) is 1.23. The highest BCUT2D eigenvalue weighted by molar-refractivity contribution is 6.23. The Kier molecular flexibility index (Phi) is 30.3. The van der Waals surface area contributed by atoms with E-state index >= 15 is 0 Å². The van der Waals surface area contributed by atoms with Crippen LogP contribution in [0.5, 0.6) is 0 Å². The Morgan fingerprint density at radius 3 is 1.39 bits per heavy atom. The molecule has 4 rings (SSSR count). The van der Waals surface area contributed by atoms with Crippen LogP contribution in [0.2, 0.25) is 0 Å². The Bertz CT molecular complexity index is 1950. The van der Waals surface area contributed by atoms with Gasteiger partial charge in [0, 0.05) is 25.9 Å². The molecule has 0 radical (unpaired) electrons. The molecule has 4 aromatic rings. The smallest absolute Gasteiger partial charge is 0.242 e. The molecule has 0 bridgehead atoms. The standard InChI is InChI=1S/C61H97N3O5/c1-3-5-7-23-34-53(65)36-25-19-15-11-9-13-17-21-27-47-62-57(67)46-45-56(61(69)63-48-28-22-18-14-10-12-16-20-26-37-54(66)35-24-8-6-4-2)64-58(68)38-30-31-49-39-40-52-42-41-50-32-29-33-51-43-44-55(49)60(52)59(50)51/h29,32-33,39-44,53-54,56,65-66H,3-28,30-31,34-38,45-48H2,1-2H3,(H,62,67)(H,63,69)(H,64,68)/t53?,54?,56-/m0/s1. The Labute approximate surface area is 419 Å². The molecular weight excluding hydrogens is 855 g/mol. The molecule has 69 heavy (non-hydrogen) atoms. The maximum absolute atomic E-state index is 13.5. The summed E-state index contributed by atoms with van der Waals surface area (Å²) in [5.74, 6) is -0.430. The molecule has 0 aliphatic heterocycles. The lowest BCUT2D eigenvalue weighted by molar-refractivity contribution is -0.129. The van der Waals surface area contributed by atoms with E-state index in [0.717, 1.165) is 89.9 Å². The van der Waals surface area contributed by atoms with Crippen LogP contribution in [-0.4, -0.2) is 59.3 Å². The van der Waals surface area contributed by atoms with Crippen molar-refractivity contribution in [2.24, 2.45) is 0 Å². The van der Waals surface area contributed by atoms with Gasteiger partial charge in [0.05, 0.1) is 12.2 Å². The second-order valence-corrected chi connectivity index (χ2v) is 20.7. The van der Waals surface area contributed by atoms with Crippen molar-refractivity contribution in [2.75, 3.05) is 13.1 Å². The van der Waals surface area contributed by atoms with Gasteiger partial charge in [-0.15, -0.1) is 0 Å². The van der Waals surface area contributed by atoms with Crippen molar-refractivity contribution in [2.45, 2.75) is 257 Å². The average molecular weight is 952 g/mol. The lowest BCUT2D eigenvalue weighted by atomic mass is 9.90. The molecule has 0 fully saturated rings. The minimum atomic E-state index is -0.749. The second-order valence-electron chi connectivity index (χ2n) is 20.7. The zero-order chi connectivity index (χ0) is 49.2. The SMILES string of the molecule is CCCCCCC(O)CCCCCCCCCCCNC(=O)CC[C@H](NC(=O)CCCc1ccc2ccc3cccc4ccc1c2c34)C(=O)NCCCCCCCCCCCC(O)CCCCCC. The number of amides is 3. The highest BCUT2D eigenvalue weighted by Crippen LogP contribution is 2.36. The Hall–Kier alpha value is -3.75. The summed E-state index contributed by atoms with van der Waals surface area (Å²) in [6.45, 7) is 5.64. The highest BCUT2D eigenvalue weighted by atomic mass is 16.3. The third kappa shape index (κ3) is 23.8. The molecule has 0 spiro atoms. The van der Waals surface area contributed by atoms with E-state index in [0.29, 0.717) is 25.9 Å². The van der Waals surface area contributed by atoms with Gasteiger partial charge < -0.3 is 26.2 Å². The molecular formula is C61H97N3O5. The van der Waals surface area contributed by atoms with E-state index in [4.69, 9.17) is 0 Å². The first-order chi connectivity index (χ1) is 33.8. The van der Waals surface area contributed by atoms with E-state index in [2.05, 4.69) is 84.4 Å². The third-order valence-electron chi connectivity index (χ3n) is 14.6. The number of aliphatic hydroxyl groups is 2. The molecule has 0 heterocycles. The van der Waals surface area contributed by atoms with Crippen LogP contribution in [0.15, 0.2) is 54.6 Å². The quantitative estimate of drug-likeness (QED) is 0.0223. The number of hydrogen-bond donors (Lipinski definition) is 5. The molecule has 2 unspecified atom stereocenters. The van der Waals surface area contributed by atoms with Crippen molar-refractivity contribution in [3.05, 3.63) is 60.2 Å². The fourth-order valence-electron chi connectivity index (χ4n) is 10.3. The van der Waals surface area contributed by atoms with Gasteiger partial charge >= 0.3 is 0 Å². The number of unbranched alkanes of at least 4 members (excludes halogenated alkanes) is 22. The lowest BCUT2D eigenvalue weighted by Gasteiger charge is -2.19. The lowest BCUT2D eigenvalue weighted by Crippen LogP contribution is -2.47. The van der Waals surface area contributed by atoms with Crippen LogP contribution < -0.4 is 16.0 Å². The minimum absolute atomic E-state index is 0.0717. The van der Waals surface area contributed by atoms with Crippen LogP contribution in [0.4, 0.5) is 0 Å². The zero-order valence-electron chi connectivity index (χ0n) is 43.7. The van der Waals surface area contributed by atoms with Crippen molar-refractivity contribution in [3.63, 3.8) is 0 Å². The van der Waals surface area contributed by atoms with E-state index in [-0.39, 0.29) is 42.8 Å². The van der Waals surface area contributed by atoms with Crippen LogP contribution in [0.25, 0.3) is 32.3 Å². The second kappa shape index (κ2) is 36.2. The number of aryl methyl sites for hydroxylation is 1. The number of nitrogens with one attached hydrogen (secondary N) is 3. The molecule has 0 aliphatic carbocycles. The number of carbonyl (C=O) groups excluding carboxylic acids is 3. The third-order valence-corrected chi connectivity index (χ3v) is 14.6. The minimum Gasteiger partial charge on any atom is -0.393 e. The summed E-state index contributed by atoms with van der Waals surface area (Å²) >= 11 is 0. The Balaban J connectivity index is 1.12. The molecule has 8 nitrogen and oxygen atoms in total. The number of carbonyl (C=O) groups is 3. The monoisotopic (exact) mass is 952 g/mol. The first-order valence-electron chi connectivity index (χ1n) is 28.7. The molecule has 0 aliphatic rings. The van der Waals surface area contributed by atoms with Crippen molar-refractivity contribution < 1.29 is 24.6 Å². The molecule has 4 aromatic carbocycles. The maximum Gasteiger partial charge on any atom is 0.242 e. The summed E-state index contributed by atoms with van der Waals surface area (Å²) in [6, 6.07) is 18.9. The average Bonchev–Trinajstić information content (AvgIpc) is 3.35. The van der Waals surface area contributed by atoms with Crippen LogP contribution >= 0.6 is 0 Å². The summed E-state index contributed by atoms with van der Waals surface area (Å²) in [4.78, 5) is 39.9. The molecule has 8 heteroatoms. The van der Waals surface area contributed by atoms with Crippen molar-refractivity contribution in [1.82, 2.24) is 16.0 Å². The molecule has 0 saturated carbocycles. The van der Waals surface area contributed by atoms with Crippen LogP contribution in [-0.2, 0) is 20.8 Å². The summed E-state index contributed by atoms with van der Waals surface area (Å²) in [6.07, 6.45) is 36.4. The Morgan fingerprint density at radius 2 is 0.870 bits per heavy atom. The predicted octanol–water partition coefficient (Wildman–Crippen LogP) is 14.9. The van der Waals surface area contributed by atoms with Crippen LogP contribution in [0, 0.1) is 0 Å². The fraction of sp³-hybridized carbons (Fsp3) is 0.689. The zero-order valence-corrected chi connectivity index (χ0v) is 43.7. The summed E-state index contributed by atoms with van der Waals surface area (Å²) in [5, 5.41) is 37.1. The Morgan fingerprint density at radius 1 is 0.435 bits per heavy atom. The molecule has 386 valence electrons. The van der Waals surface area contributed by atoms with Gasteiger partial charge in [-0.05, 0) is 95.7 Å². The van der Waals surface area contributed by atoms with Gasteiger partial charge in [0.25, 0.3) is 0 Å². The van der Waals surface area contributed by atoms with Gasteiger partial charge in [-0.25, -0.2) is 0 Å². The maximum atomic E-state index is 13.5. The van der Waals surface area contributed by atoms with Crippen molar-refractivity contribution >= 4 is 50.0 Å². The van der Waals surface area contributed by atoms with Gasteiger partial charge in [-0.3, -0.25) is 14.4 Å². The van der Waals surface area contributed by atoms with E-state index < -0.39 is 6.04 Å². The molecule has 5 N–H and O–H groups in total. The van der Waals surface area contributed by atoms with E-state index in [1.807, 2.05) is 0 Å². The molecule has 3 amide bonds. The first-order valence-corrected chi connectivity index (χ1v) is 28.7. The van der Waals surface area contributed by atoms with Gasteiger partial charge in [-0.2, -0.15) is 0 Å². The first kappa shape index (κ1) is 57.8.